The zero-order chi connectivity index (χ0) is 15.3. The number of likely N-dealkylation sites (tertiary alicyclic amines) is 1. The third-order valence-electron chi connectivity index (χ3n) is 3.97. The molecule has 2 N–H and O–H groups in total. The van der Waals surface area contributed by atoms with E-state index in [9.17, 15) is 8.42 Å². The molecular formula is C15H25N3O2S. The van der Waals surface area contributed by atoms with Crippen LogP contribution in [0.2, 0.25) is 0 Å². The molecule has 1 aliphatic heterocycles. The van der Waals surface area contributed by atoms with Gasteiger partial charge in [-0.05, 0) is 45.5 Å². The minimum Gasteiger partial charge on any atom is -0.384 e. The Labute approximate surface area is 127 Å². The zero-order valence-corrected chi connectivity index (χ0v) is 13.6. The van der Waals surface area contributed by atoms with E-state index in [1.807, 2.05) is 13.0 Å². The van der Waals surface area contributed by atoms with Crippen LogP contribution in [-0.4, -0.2) is 46.0 Å². The molecule has 0 amide bonds. The van der Waals surface area contributed by atoms with E-state index in [1.54, 1.807) is 18.2 Å². The largest absolute Gasteiger partial charge is 0.384 e. The summed E-state index contributed by atoms with van der Waals surface area (Å²) in [7, 11) is -1.41. The van der Waals surface area contributed by atoms with E-state index in [0.717, 1.165) is 13.0 Å². The van der Waals surface area contributed by atoms with Crippen LogP contribution in [0.5, 0.6) is 0 Å². The van der Waals surface area contributed by atoms with Gasteiger partial charge in [-0.25, -0.2) is 13.1 Å². The molecule has 1 heterocycles. The standard InChI is InChI=1S/C15H25N3O2S/c1-3-16-14-9-4-5-10-15(14)21(19,20)17-12-13-8-6-7-11-18(13)2/h4-5,9-10,13,16-17H,3,6-8,11-12H2,1-2H3. The molecule has 21 heavy (non-hydrogen) atoms. The quantitative estimate of drug-likeness (QED) is 0.842. The maximum absolute atomic E-state index is 12.5. The topological polar surface area (TPSA) is 61.4 Å². The highest BCUT2D eigenvalue weighted by atomic mass is 32.2. The number of benzene rings is 1. The monoisotopic (exact) mass is 311 g/mol. The van der Waals surface area contributed by atoms with Crippen molar-refractivity contribution in [2.24, 2.45) is 0 Å². The van der Waals surface area contributed by atoms with Gasteiger partial charge in [-0.15, -0.1) is 0 Å². The SMILES string of the molecule is CCNc1ccccc1S(=O)(=O)NCC1CCCCN1C. The van der Waals surface area contributed by atoms with Crippen LogP contribution in [-0.2, 0) is 10.0 Å². The summed E-state index contributed by atoms with van der Waals surface area (Å²) in [4.78, 5) is 2.56. The molecule has 1 atom stereocenters. The highest BCUT2D eigenvalue weighted by Crippen LogP contribution is 2.21. The van der Waals surface area contributed by atoms with E-state index in [1.165, 1.54) is 12.8 Å². The third-order valence-corrected chi connectivity index (χ3v) is 5.46. The maximum Gasteiger partial charge on any atom is 0.242 e. The molecule has 5 nitrogen and oxygen atoms in total. The summed E-state index contributed by atoms with van der Waals surface area (Å²) >= 11 is 0. The molecule has 1 unspecified atom stereocenters. The molecule has 6 heteroatoms. The molecule has 1 fully saturated rings. The molecular weight excluding hydrogens is 286 g/mol. The summed E-state index contributed by atoms with van der Waals surface area (Å²) in [5.74, 6) is 0. The molecule has 0 aromatic heterocycles. The molecule has 0 spiro atoms. The van der Waals surface area contributed by atoms with Crippen molar-refractivity contribution in [3.8, 4) is 0 Å². The number of likely N-dealkylation sites (N-methyl/N-ethyl adjacent to an activating group) is 1. The van der Waals surface area contributed by atoms with Gasteiger partial charge < -0.3 is 10.2 Å². The van der Waals surface area contributed by atoms with Crippen LogP contribution in [0.3, 0.4) is 0 Å². The van der Waals surface area contributed by atoms with Gasteiger partial charge in [0.25, 0.3) is 0 Å². The number of sulfonamides is 1. The summed E-state index contributed by atoms with van der Waals surface area (Å²) in [6.45, 7) is 4.16. The molecule has 1 aromatic carbocycles. The van der Waals surface area contributed by atoms with Crippen LogP contribution >= 0.6 is 0 Å². The molecule has 0 bridgehead atoms. The number of para-hydroxylation sites is 1. The van der Waals surface area contributed by atoms with E-state index in [2.05, 4.69) is 22.0 Å². The van der Waals surface area contributed by atoms with Crippen molar-refractivity contribution in [3.05, 3.63) is 24.3 Å². The third kappa shape index (κ3) is 4.18. The van der Waals surface area contributed by atoms with Gasteiger partial charge in [0.1, 0.15) is 4.90 Å². The molecule has 0 saturated carbocycles. The number of nitrogens with one attached hydrogen (secondary N) is 2. The Hall–Kier alpha value is -1.11. The van der Waals surface area contributed by atoms with Crippen molar-refractivity contribution >= 4 is 15.7 Å². The van der Waals surface area contributed by atoms with E-state index >= 15 is 0 Å². The number of rotatable bonds is 6. The fraction of sp³-hybridized carbons (Fsp3) is 0.600. The molecule has 1 aromatic rings. The van der Waals surface area contributed by atoms with Crippen LogP contribution < -0.4 is 10.0 Å². The Morgan fingerprint density at radius 2 is 2.05 bits per heavy atom. The first-order chi connectivity index (χ1) is 10.0. The van der Waals surface area contributed by atoms with Crippen LogP contribution in [0.1, 0.15) is 26.2 Å². The second kappa shape index (κ2) is 7.24. The van der Waals surface area contributed by atoms with Crippen LogP contribution in [0, 0.1) is 0 Å². The highest BCUT2D eigenvalue weighted by Gasteiger charge is 2.23. The second-order valence-corrected chi connectivity index (χ2v) is 7.24. The summed E-state index contributed by atoms with van der Waals surface area (Å²) in [5.41, 5.74) is 0.657. The lowest BCUT2D eigenvalue weighted by Gasteiger charge is -2.32. The first-order valence-corrected chi connectivity index (χ1v) is 9.05. The van der Waals surface area contributed by atoms with E-state index in [-0.39, 0.29) is 0 Å². The summed E-state index contributed by atoms with van der Waals surface area (Å²) < 4.78 is 27.8. The fourth-order valence-electron chi connectivity index (χ4n) is 2.72. The van der Waals surface area contributed by atoms with Crippen molar-refractivity contribution in [1.82, 2.24) is 9.62 Å². The van der Waals surface area contributed by atoms with Gasteiger partial charge in [-0.1, -0.05) is 18.6 Å². The lowest BCUT2D eigenvalue weighted by Crippen LogP contribution is -2.44. The molecule has 0 radical (unpaired) electrons. The summed E-state index contributed by atoms with van der Waals surface area (Å²) in [6.07, 6.45) is 3.42. The fourth-order valence-corrected chi connectivity index (χ4v) is 3.98. The van der Waals surface area contributed by atoms with Gasteiger partial charge in [0.05, 0.1) is 5.69 Å². The molecule has 2 rings (SSSR count). The lowest BCUT2D eigenvalue weighted by atomic mass is 10.0. The minimum atomic E-state index is -3.48. The van der Waals surface area contributed by atoms with Crippen LogP contribution in [0.15, 0.2) is 29.2 Å². The van der Waals surface area contributed by atoms with Crippen molar-refractivity contribution in [2.45, 2.75) is 37.1 Å². The number of hydrogen-bond acceptors (Lipinski definition) is 4. The van der Waals surface area contributed by atoms with Crippen LogP contribution in [0.25, 0.3) is 0 Å². The van der Waals surface area contributed by atoms with Gasteiger partial charge in [0.15, 0.2) is 0 Å². The zero-order valence-electron chi connectivity index (χ0n) is 12.8. The Morgan fingerprint density at radius 1 is 1.29 bits per heavy atom. The van der Waals surface area contributed by atoms with Crippen molar-refractivity contribution in [3.63, 3.8) is 0 Å². The normalized spacial score (nSPS) is 20.4. The second-order valence-electron chi connectivity index (χ2n) is 5.51. The van der Waals surface area contributed by atoms with Gasteiger partial charge in [-0.3, -0.25) is 0 Å². The predicted molar refractivity (Wildman–Crippen MR) is 86.1 cm³/mol. The Kier molecular flexibility index (Phi) is 5.61. The predicted octanol–water partition coefficient (Wildman–Crippen LogP) is 1.88. The summed E-state index contributed by atoms with van der Waals surface area (Å²) in [6, 6.07) is 7.32. The molecule has 0 aliphatic carbocycles. The van der Waals surface area contributed by atoms with Crippen molar-refractivity contribution in [2.75, 3.05) is 32.0 Å². The highest BCUT2D eigenvalue weighted by molar-refractivity contribution is 7.89. The Morgan fingerprint density at radius 3 is 2.76 bits per heavy atom. The first-order valence-electron chi connectivity index (χ1n) is 7.57. The average Bonchev–Trinajstić information content (AvgIpc) is 2.47. The van der Waals surface area contributed by atoms with E-state index < -0.39 is 10.0 Å². The van der Waals surface area contributed by atoms with Gasteiger partial charge in [0, 0.05) is 19.1 Å². The maximum atomic E-state index is 12.5. The van der Waals surface area contributed by atoms with Crippen molar-refractivity contribution < 1.29 is 8.42 Å². The molecule has 1 aliphatic rings. The van der Waals surface area contributed by atoms with Crippen molar-refractivity contribution in [1.29, 1.82) is 0 Å². The van der Waals surface area contributed by atoms with Gasteiger partial charge in [0.2, 0.25) is 10.0 Å². The van der Waals surface area contributed by atoms with Gasteiger partial charge in [-0.2, -0.15) is 0 Å². The number of hydrogen-bond donors (Lipinski definition) is 2. The minimum absolute atomic E-state index is 0.292. The van der Waals surface area contributed by atoms with Gasteiger partial charge >= 0.3 is 0 Å². The Bertz CT molecular complexity index is 560. The van der Waals surface area contributed by atoms with E-state index in [0.29, 0.717) is 29.7 Å². The smallest absolute Gasteiger partial charge is 0.242 e. The molecule has 118 valence electrons. The Balaban J connectivity index is 2.08. The number of piperidine rings is 1. The van der Waals surface area contributed by atoms with Crippen LogP contribution in [0.4, 0.5) is 5.69 Å². The average molecular weight is 311 g/mol. The number of anilines is 1. The summed E-state index contributed by atoms with van der Waals surface area (Å²) in [5, 5.41) is 3.10. The first kappa shape index (κ1) is 16.3. The lowest BCUT2D eigenvalue weighted by molar-refractivity contribution is 0.187. The van der Waals surface area contributed by atoms with E-state index in [4.69, 9.17) is 0 Å². The number of nitrogens with zero attached hydrogens (tertiary/aromatic N) is 1. The molecule has 1 saturated heterocycles.